The third kappa shape index (κ3) is 4.73. The highest BCUT2D eigenvalue weighted by Crippen LogP contribution is 2.46. The summed E-state index contributed by atoms with van der Waals surface area (Å²) in [6.07, 6.45) is 0. The van der Waals surface area contributed by atoms with Crippen LogP contribution in [-0.4, -0.2) is 15.0 Å². The number of hydrogen-bond acceptors (Lipinski definition) is 4. The Labute approximate surface area is 304 Å². The van der Waals surface area contributed by atoms with Crippen LogP contribution in [0.3, 0.4) is 0 Å². The minimum Gasteiger partial charge on any atom is -0.455 e. The van der Waals surface area contributed by atoms with E-state index in [0.717, 1.165) is 76.7 Å². The van der Waals surface area contributed by atoms with E-state index in [1.165, 1.54) is 16.2 Å². The molecule has 4 heteroatoms. The van der Waals surface area contributed by atoms with Gasteiger partial charge in [0.1, 0.15) is 11.2 Å². The zero-order chi connectivity index (χ0) is 34.9. The molecule has 246 valence electrons. The molecule has 0 N–H and O–H groups in total. The zero-order valence-corrected chi connectivity index (χ0v) is 28.5. The lowest BCUT2D eigenvalue weighted by atomic mass is 9.89. The van der Waals surface area contributed by atoms with Gasteiger partial charge in [-0.15, -0.1) is 0 Å². The molecule has 0 atom stereocenters. The van der Waals surface area contributed by atoms with Gasteiger partial charge in [-0.3, -0.25) is 0 Å². The summed E-state index contributed by atoms with van der Waals surface area (Å²) < 4.78 is 6.75. The van der Waals surface area contributed by atoms with Gasteiger partial charge in [0.25, 0.3) is 0 Å². The summed E-state index contributed by atoms with van der Waals surface area (Å²) in [7, 11) is 0. The second kappa shape index (κ2) is 11.7. The summed E-state index contributed by atoms with van der Waals surface area (Å²) in [6.45, 7) is 0. The maximum Gasteiger partial charge on any atom is 0.164 e. The molecule has 0 radical (unpaired) electrons. The van der Waals surface area contributed by atoms with Crippen LogP contribution in [0.2, 0.25) is 0 Å². The van der Waals surface area contributed by atoms with Crippen molar-refractivity contribution in [1.29, 1.82) is 0 Å². The van der Waals surface area contributed by atoms with Crippen molar-refractivity contribution in [3.63, 3.8) is 0 Å². The molecule has 0 aliphatic carbocycles. The number of para-hydroxylation sites is 1. The minimum absolute atomic E-state index is 0.633. The molecule has 0 bridgehead atoms. The van der Waals surface area contributed by atoms with Crippen LogP contribution < -0.4 is 0 Å². The number of nitrogens with zero attached hydrogens (tertiary/aromatic N) is 3. The van der Waals surface area contributed by atoms with E-state index in [0.29, 0.717) is 17.5 Å². The zero-order valence-electron chi connectivity index (χ0n) is 28.5. The van der Waals surface area contributed by atoms with E-state index < -0.39 is 0 Å². The van der Waals surface area contributed by atoms with Gasteiger partial charge in [0.2, 0.25) is 0 Å². The summed E-state index contributed by atoms with van der Waals surface area (Å²) in [4.78, 5) is 15.3. The number of hydrogen-bond donors (Lipinski definition) is 0. The molecule has 0 unspecified atom stereocenters. The van der Waals surface area contributed by atoms with E-state index in [9.17, 15) is 0 Å². The van der Waals surface area contributed by atoms with Gasteiger partial charge in [0.05, 0.1) is 0 Å². The number of furan rings is 1. The van der Waals surface area contributed by atoms with Crippen LogP contribution in [0.25, 0.3) is 110 Å². The van der Waals surface area contributed by atoms with Crippen LogP contribution in [0.5, 0.6) is 0 Å². The van der Waals surface area contributed by atoms with Crippen molar-refractivity contribution >= 4 is 65.0 Å². The molecule has 0 saturated carbocycles. The summed E-state index contributed by atoms with van der Waals surface area (Å²) in [5, 5.41) is 11.4. The Bertz CT molecular complexity index is 3240. The van der Waals surface area contributed by atoms with E-state index in [1.807, 2.05) is 36.4 Å². The Hall–Kier alpha value is -7.17. The van der Waals surface area contributed by atoms with Gasteiger partial charge in [-0.2, -0.15) is 0 Å². The van der Waals surface area contributed by atoms with E-state index in [2.05, 4.69) is 140 Å². The molecule has 0 spiro atoms. The van der Waals surface area contributed by atoms with E-state index in [1.54, 1.807) is 0 Å². The predicted octanol–water partition coefficient (Wildman–Crippen LogP) is 13.1. The molecule has 0 saturated heterocycles. The van der Waals surface area contributed by atoms with Crippen molar-refractivity contribution in [3.8, 4) is 45.3 Å². The van der Waals surface area contributed by atoms with Gasteiger partial charge in [-0.05, 0) is 73.1 Å². The molecule has 0 aliphatic rings. The molecule has 11 rings (SSSR count). The molecule has 9 aromatic carbocycles. The Morgan fingerprint density at radius 1 is 0.321 bits per heavy atom. The molecule has 0 aliphatic heterocycles. The van der Waals surface area contributed by atoms with E-state index in [-0.39, 0.29) is 0 Å². The van der Waals surface area contributed by atoms with Crippen LogP contribution in [0.15, 0.2) is 180 Å². The molecule has 0 fully saturated rings. The summed E-state index contributed by atoms with van der Waals surface area (Å²) in [6, 6.07) is 61.6. The molecule has 2 aromatic heterocycles. The van der Waals surface area contributed by atoms with Crippen molar-refractivity contribution in [1.82, 2.24) is 15.0 Å². The van der Waals surface area contributed by atoms with E-state index in [4.69, 9.17) is 19.4 Å². The molecular weight excluding hydrogens is 647 g/mol. The highest BCUT2D eigenvalue weighted by Gasteiger charge is 2.21. The summed E-state index contributed by atoms with van der Waals surface area (Å²) >= 11 is 0. The van der Waals surface area contributed by atoms with Crippen LogP contribution in [0.1, 0.15) is 0 Å². The van der Waals surface area contributed by atoms with Crippen molar-refractivity contribution in [2.24, 2.45) is 0 Å². The van der Waals surface area contributed by atoms with Crippen LogP contribution >= 0.6 is 0 Å². The SMILES string of the molecule is c1ccc(-c2nc(-c3ccc4ccccc4c3)nc(-c3ccc(-c4cc5ccc6ccccc6c5c5oc6ccccc6c45)c4ccccc34)n2)cc1. The largest absolute Gasteiger partial charge is 0.455 e. The maximum atomic E-state index is 6.75. The first kappa shape index (κ1) is 29.5. The average molecular weight is 676 g/mol. The van der Waals surface area contributed by atoms with Gasteiger partial charge in [-0.25, -0.2) is 15.0 Å². The van der Waals surface area contributed by atoms with Crippen molar-refractivity contribution < 1.29 is 4.42 Å². The summed E-state index contributed by atoms with van der Waals surface area (Å²) in [5.74, 6) is 1.91. The first-order valence-corrected chi connectivity index (χ1v) is 17.9. The second-order valence-corrected chi connectivity index (χ2v) is 13.6. The highest BCUT2D eigenvalue weighted by molar-refractivity contribution is 6.28. The minimum atomic E-state index is 0.633. The monoisotopic (exact) mass is 675 g/mol. The number of aromatic nitrogens is 3. The van der Waals surface area contributed by atoms with Crippen LogP contribution in [0, 0.1) is 0 Å². The van der Waals surface area contributed by atoms with Gasteiger partial charge < -0.3 is 4.42 Å². The van der Waals surface area contributed by atoms with E-state index >= 15 is 0 Å². The fraction of sp³-hybridized carbons (Fsp3) is 0. The van der Waals surface area contributed by atoms with Crippen LogP contribution in [0.4, 0.5) is 0 Å². The molecule has 4 nitrogen and oxygen atoms in total. The van der Waals surface area contributed by atoms with Gasteiger partial charge in [0.15, 0.2) is 17.5 Å². The summed E-state index contributed by atoms with van der Waals surface area (Å²) in [5.41, 5.74) is 6.89. The lowest BCUT2D eigenvalue weighted by Crippen LogP contribution is -2.01. The Morgan fingerprint density at radius 2 is 0.906 bits per heavy atom. The fourth-order valence-corrected chi connectivity index (χ4v) is 7.99. The number of benzene rings is 9. The van der Waals surface area contributed by atoms with Gasteiger partial charge in [0, 0.05) is 32.8 Å². The van der Waals surface area contributed by atoms with Crippen molar-refractivity contribution in [2.45, 2.75) is 0 Å². The lowest BCUT2D eigenvalue weighted by Gasteiger charge is -2.15. The smallest absolute Gasteiger partial charge is 0.164 e. The Morgan fingerprint density at radius 3 is 1.74 bits per heavy atom. The first-order chi connectivity index (χ1) is 26.3. The lowest BCUT2D eigenvalue weighted by molar-refractivity contribution is 0.673. The Kier molecular flexibility index (Phi) is 6.52. The molecule has 11 aromatic rings. The second-order valence-electron chi connectivity index (χ2n) is 13.6. The third-order valence-electron chi connectivity index (χ3n) is 10.5. The van der Waals surface area contributed by atoms with Crippen molar-refractivity contribution in [3.05, 3.63) is 176 Å². The third-order valence-corrected chi connectivity index (χ3v) is 10.5. The molecular formula is C49H29N3O. The predicted molar refractivity (Wildman–Crippen MR) is 219 cm³/mol. The van der Waals surface area contributed by atoms with Gasteiger partial charge >= 0.3 is 0 Å². The normalized spacial score (nSPS) is 11.8. The van der Waals surface area contributed by atoms with Gasteiger partial charge in [-0.1, -0.05) is 152 Å². The van der Waals surface area contributed by atoms with Crippen molar-refractivity contribution in [2.75, 3.05) is 0 Å². The van der Waals surface area contributed by atoms with Crippen LogP contribution in [-0.2, 0) is 0 Å². The molecule has 0 amide bonds. The highest BCUT2D eigenvalue weighted by atomic mass is 16.3. The average Bonchev–Trinajstić information content (AvgIpc) is 3.63. The standard InChI is InChI=1S/C49H29N3O/c1-2-14-32(15-3-1)47-50-48(35-25-22-30-12-4-5-16-33(30)28-35)52-49(51-47)40-27-26-39(37-18-8-9-19-38(37)40)42-29-34-24-23-31-13-6-7-17-36(31)44(34)46-45(42)41-20-10-11-21-43(41)53-46/h1-29H. The fourth-order valence-electron chi connectivity index (χ4n) is 7.99. The Balaban J connectivity index is 1.17. The first-order valence-electron chi connectivity index (χ1n) is 17.9. The molecule has 53 heavy (non-hydrogen) atoms. The number of fused-ring (bicyclic) bond motifs is 9. The number of rotatable bonds is 4. The molecule has 2 heterocycles. The maximum absolute atomic E-state index is 6.75. The quantitative estimate of drug-likeness (QED) is 0.174. The topological polar surface area (TPSA) is 51.8 Å².